The molecule has 7 heteroatoms. The first-order chi connectivity index (χ1) is 11.9. The van der Waals surface area contributed by atoms with Crippen LogP contribution in [0.1, 0.15) is 32.4 Å². The third-order valence-electron chi connectivity index (χ3n) is 4.52. The van der Waals surface area contributed by atoms with Crippen molar-refractivity contribution < 1.29 is 14.3 Å². The van der Waals surface area contributed by atoms with Gasteiger partial charge in [0, 0.05) is 19.3 Å². The van der Waals surface area contributed by atoms with Gasteiger partial charge in [0.2, 0.25) is 0 Å². The smallest absolute Gasteiger partial charge is 0.251 e. The quantitative estimate of drug-likeness (QED) is 0.741. The fourth-order valence-electron chi connectivity index (χ4n) is 3.14. The summed E-state index contributed by atoms with van der Waals surface area (Å²) in [6, 6.07) is 5.83. The highest BCUT2D eigenvalue weighted by molar-refractivity contribution is 5.83. The number of piperidine rings is 1. The molecule has 136 valence electrons. The Labute approximate surface area is 147 Å². The third-order valence-corrected chi connectivity index (χ3v) is 4.52. The zero-order chi connectivity index (χ0) is 17.9. The van der Waals surface area contributed by atoms with Gasteiger partial charge >= 0.3 is 0 Å². The van der Waals surface area contributed by atoms with Gasteiger partial charge in [0.05, 0.1) is 6.54 Å². The molecule has 1 saturated heterocycles. The number of aromatic amines is 1. The molecule has 25 heavy (non-hydrogen) atoms. The van der Waals surface area contributed by atoms with Crippen molar-refractivity contribution >= 4 is 5.91 Å². The lowest BCUT2D eigenvalue weighted by molar-refractivity contribution is -0.136. The van der Waals surface area contributed by atoms with Crippen LogP contribution in [-0.2, 0) is 11.3 Å². The topological polar surface area (TPSA) is 94.4 Å². The van der Waals surface area contributed by atoms with Crippen LogP contribution >= 0.6 is 0 Å². The highest BCUT2D eigenvalue weighted by Crippen LogP contribution is 2.23. The molecule has 3 N–H and O–H groups in total. The third kappa shape index (κ3) is 4.70. The number of rotatable bonds is 6. The van der Waals surface area contributed by atoms with E-state index in [0.29, 0.717) is 12.5 Å². The van der Waals surface area contributed by atoms with Crippen molar-refractivity contribution in [1.82, 2.24) is 20.4 Å². The van der Waals surface area contributed by atoms with Gasteiger partial charge in [-0.3, -0.25) is 14.8 Å². The van der Waals surface area contributed by atoms with Crippen molar-refractivity contribution in [2.75, 3.05) is 19.6 Å². The van der Waals surface area contributed by atoms with E-state index in [1.165, 1.54) is 13.8 Å². The number of carbonyl (C=O) groups excluding carboxylic acids is 1. The Morgan fingerprint density at radius 3 is 3.04 bits per heavy atom. The maximum absolute atomic E-state index is 11.8. The maximum atomic E-state index is 11.8. The Morgan fingerprint density at radius 1 is 1.48 bits per heavy atom. The second-order valence-corrected chi connectivity index (χ2v) is 7.25. The van der Waals surface area contributed by atoms with Gasteiger partial charge in [-0.05, 0) is 57.4 Å². The molecule has 0 radical (unpaired) electrons. The van der Waals surface area contributed by atoms with E-state index in [4.69, 9.17) is 4.42 Å². The average molecular weight is 346 g/mol. The zero-order valence-corrected chi connectivity index (χ0v) is 14.8. The molecule has 0 bridgehead atoms. The summed E-state index contributed by atoms with van der Waals surface area (Å²) >= 11 is 0. The van der Waals surface area contributed by atoms with Crippen LogP contribution in [0.25, 0.3) is 11.5 Å². The summed E-state index contributed by atoms with van der Waals surface area (Å²) in [6.07, 6.45) is 3.88. The second-order valence-electron chi connectivity index (χ2n) is 7.25. The predicted octanol–water partition coefficient (Wildman–Crippen LogP) is 1.77. The van der Waals surface area contributed by atoms with Crippen LogP contribution in [-0.4, -0.2) is 51.3 Å². The molecule has 1 aliphatic heterocycles. The Hall–Kier alpha value is -2.12. The molecular formula is C18H26N4O3. The number of furan rings is 1. The number of likely N-dealkylation sites (tertiary alicyclic amines) is 1. The van der Waals surface area contributed by atoms with Crippen molar-refractivity contribution in [3.05, 3.63) is 30.2 Å². The minimum Gasteiger partial charge on any atom is -0.458 e. The molecule has 1 aliphatic rings. The molecule has 0 aromatic carbocycles. The maximum Gasteiger partial charge on any atom is 0.251 e. The Morgan fingerprint density at radius 2 is 2.32 bits per heavy atom. The molecule has 1 atom stereocenters. The standard InChI is InChI=1S/C18H26N4O3/c1-18(2,24)17(23)19-10-13-4-3-9-22(11-13)12-14-5-6-16(25-14)15-7-8-20-21-15/h5-8,13,24H,3-4,9-12H2,1-2H3,(H,19,23)(H,20,21)/t13-/m1/s1. The van der Waals surface area contributed by atoms with Gasteiger partial charge in [-0.2, -0.15) is 5.10 Å². The summed E-state index contributed by atoms with van der Waals surface area (Å²) in [7, 11) is 0. The van der Waals surface area contributed by atoms with Crippen molar-refractivity contribution in [1.29, 1.82) is 0 Å². The summed E-state index contributed by atoms with van der Waals surface area (Å²) in [4.78, 5) is 14.1. The minimum atomic E-state index is -1.33. The Balaban J connectivity index is 1.51. The van der Waals surface area contributed by atoms with Crippen LogP contribution in [0.2, 0.25) is 0 Å². The van der Waals surface area contributed by atoms with E-state index in [0.717, 1.165) is 49.7 Å². The second kappa shape index (κ2) is 7.41. The first kappa shape index (κ1) is 17.7. The van der Waals surface area contributed by atoms with Gasteiger partial charge in [0.1, 0.15) is 17.1 Å². The first-order valence-electron chi connectivity index (χ1n) is 8.73. The van der Waals surface area contributed by atoms with Crippen molar-refractivity contribution in [2.45, 2.75) is 38.8 Å². The summed E-state index contributed by atoms with van der Waals surface area (Å²) < 4.78 is 5.89. The monoisotopic (exact) mass is 346 g/mol. The summed E-state index contributed by atoms with van der Waals surface area (Å²) in [5.74, 6) is 1.78. The number of hydrogen-bond acceptors (Lipinski definition) is 5. The van der Waals surface area contributed by atoms with Gasteiger partial charge in [-0.15, -0.1) is 0 Å². The van der Waals surface area contributed by atoms with Crippen LogP contribution in [0.5, 0.6) is 0 Å². The highest BCUT2D eigenvalue weighted by atomic mass is 16.3. The molecule has 0 spiro atoms. The molecular weight excluding hydrogens is 320 g/mol. The van der Waals surface area contributed by atoms with Gasteiger partial charge in [-0.1, -0.05) is 0 Å². The average Bonchev–Trinajstić information content (AvgIpc) is 3.23. The highest BCUT2D eigenvalue weighted by Gasteiger charge is 2.26. The molecule has 1 amide bonds. The van der Waals surface area contributed by atoms with Crippen LogP contribution in [0.4, 0.5) is 0 Å². The fraction of sp³-hybridized carbons (Fsp3) is 0.556. The van der Waals surface area contributed by atoms with E-state index in [1.54, 1.807) is 6.20 Å². The summed E-state index contributed by atoms with van der Waals surface area (Å²) in [5.41, 5.74) is -0.455. The molecule has 3 heterocycles. The van der Waals surface area contributed by atoms with Gasteiger partial charge in [-0.25, -0.2) is 0 Å². The zero-order valence-electron chi connectivity index (χ0n) is 14.8. The largest absolute Gasteiger partial charge is 0.458 e. The number of carbonyl (C=O) groups is 1. The van der Waals surface area contributed by atoms with E-state index in [1.807, 2.05) is 18.2 Å². The number of aliphatic hydroxyl groups is 1. The molecule has 7 nitrogen and oxygen atoms in total. The van der Waals surface area contributed by atoms with E-state index in [2.05, 4.69) is 20.4 Å². The number of nitrogens with one attached hydrogen (secondary N) is 2. The van der Waals surface area contributed by atoms with Crippen molar-refractivity contribution in [3.63, 3.8) is 0 Å². The van der Waals surface area contributed by atoms with E-state index < -0.39 is 5.60 Å². The number of nitrogens with zero attached hydrogens (tertiary/aromatic N) is 2. The summed E-state index contributed by atoms with van der Waals surface area (Å²) in [5, 5.41) is 19.4. The molecule has 0 aliphatic carbocycles. The van der Waals surface area contributed by atoms with Gasteiger partial charge < -0.3 is 14.8 Å². The fourth-order valence-corrected chi connectivity index (χ4v) is 3.14. The molecule has 3 rings (SSSR count). The number of H-pyrrole nitrogens is 1. The Bertz CT molecular complexity index is 687. The lowest BCUT2D eigenvalue weighted by Crippen LogP contribution is -2.46. The number of amides is 1. The predicted molar refractivity (Wildman–Crippen MR) is 93.6 cm³/mol. The number of hydrogen-bond donors (Lipinski definition) is 3. The number of aromatic nitrogens is 2. The van der Waals surface area contributed by atoms with E-state index in [9.17, 15) is 9.90 Å². The van der Waals surface area contributed by atoms with E-state index in [-0.39, 0.29) is 5.91 Å². The van der Waals surface area contributed by atoms with E-state index >= 15 is 0 Å². The van der Waals surface area contributed by atoms with Crippen LogP contribution < -0.4 is 5.32 Å². The normalized spacial score (nSPS) is 19.1. The first-order valence-corrected chi connectivity index (χ1v) is 8.73. The summed E-state index contributed by atoms with van der Waals surface area (Å²) in [6.45, 7) is 6.29. The van der Waals surface area contributed by atoms with Gasteiger partial charge in [0.25, 0.3) is 5.91 Å². The molecule has 1 fully saturated rings. The van der Waals surface area contributed by atoms with Crippen LogP contribution in [0.15, 0.2) is 28.8 Å². The SMILES string of the molecule is CC(C)(O)C(=O)NC[C@H]1CCCN(Cc2ccc(-c3ccn[nH]3)o2)C1. The van der Waals surface area contributed by atoms with Crippen molar-refractivity contribution in [2.24, 2.45) is 5.92 Å². The van der Waals surface area contributed by atoms with Gasteiger partial charge in [0.15, 0.2) is 5.76 Å². The lowest BCUT2D eigenvalue weighted by Gasteiger charge is -2.32. The molecule has 0 unspecified atom stereocenters. The van der Waals surface area contributed by atoms with Crippen molar-refractivity contribution in [3.8, 4) is 11.5 Å². The molecule has 2 aromatic rings. The lowest BCUT2D eigenvalue weighted by atomic mass is 9.97. The molecule has 0 saturated carbocycles. The Kier molecular flexibility index (Phi) is 5.24. The van der Waals surface area contributed by atoms with Crippen LogP contribution in [0, 0.1) is 5.92 Å². The van der Waals surface area contributed by atoms with Crippen LogP contribution in [0.3, 0.4) is 0 Å². The molecule has 2 aromatic heterocycles. The minimum absolute atomic E-state index is 0.320.